The SMILES string of the molecule is COc1ccc(N(C(=O)c2ccccc2Cl)c2nc(C(=O)NC3CCCCC3)cs2)cc1OC. The van der Waals surface area contributed by atoms with E-state index in [1.165, 1.54) is 29.8 Å². The van der Waals surface area contributed by atoms with Gasteiger partial charge in [0.2, 0.25) is 0 Å². The number of hydrogen-bond acceptors (Lipinski definition) is 6. The van der Waals surface area contributed by atoms with E-state index in [0.29, 0.717) is 32.9 Å². The van der Waals surface area contributed by atoms with Gasteiger partial charge in [-0.25, -0.2) is 4.98 Å². The first-order valence-corrected chi connectivity index (χ1v) is 12.3. The Hall–Kier alpha value is -3.10. The summed E-state index contributed by atoms with van der Waals surface area (Å²) in [4.78, 5) is 32.4. The molecule has 1 aromatic heterocycles. The van der Waals surface area contributed by atoms with Crippen LogP contribution in [-0.2, 0) is 0 Å². The topological polar surface area (TPSA) is 80.8 Å². The van der Waals surface area contributed by atoms with Gasteiger partial charge in [-0.15, -0.1) is 11.3 Å². The summed E-state index contributed by atoms with van der Waals surface area (Å²) in [6, 6.07) is 12.1. The average molecular weight is 500 g/mol. The fraction of sp³-hybridized carbons (Fsp3) is 0.320. The number of aromatic nitrogens is 1. The van der Waals surface area contributed by atoms with Gasteiger partial charge in [-0.1, -0.05) is 43.0 Å². The molecule has 0 aliphatic heterocycles. The third kappa shape index (κ3) is 5.18. The number of benzene rings is 2. The molecule has 0 saturated heterocycles. The van der Waals surface area contributed by atoms with Crippen LogP contribution in [0.5, 0.6) is 11.5 Å². The Labute approximate surface area is 207 Å². The minimum Gasteiger partial charge on any atom is -0.493 e. The van der Waals surface area contributed by atoms with Gasteiger partial charge >= 0.3 is 0 Å². The fourth-order valence-corrected chi connectivity index (χ4v) is 5.05. The normalized spacial score (nSPS) is 13.9. The molecule has 1 aliphatic rings. The van der Waals surface area contributed by atoms with Gasteiger partial charge in [0.05, 0.1) is 30.5 Å². The van der Waals surface area contributed by atoms with Crippen molar-refractivity contribution < 1.29 is 19.1 Å². The second-order valence-electron chi connectivity index (χ2n) is 7.98. The summed E-state index contributed by atoms with van der Waals surface area (Å²) in [7, 11) is 3.07. The minimum atomic E-state index is -0.369. The molecular weight excluding hydrogens is 474 g/mol. The summed E-state index contributed by atoms with van der Waals surface area (Å²) in [6.45, 7) is 0. The highest BCUT2D eigenvalue weighted by Crippen LogP contribution is 2.37. The van der Waals surface area contributed by atoms with Crippen LogP contribution in [0.3, 0.4) is 0 Å². The van der Waals surface area contributed by atoms with Crippen LogP contribution in [0.15, 0.2) is 47.8 Å². The highest BCUT2D eigenvalue weighted by atomic mass is 35.5. The summed E-state index contributed by atoms with van der Waals surface area (Å²) >= 11 is 7.55. The number of rotatable bonds is 7. The lowest BCUT2D eigenvalue weighted by molar-refractivity contribution is 0.0921. The van der Waals surface area contributed by atoms with Gasteiger partial charge in [-0.05, 0) is 37.1 Å². The average Bonchev–Trinajstić information content (AvgIpc) is 3.35. The molecule has 2 amide bonds. The van der Waals surface area contributed by atoms with Crippen molar-refractivity contribution in [1.82, 2.24) is 10.3 Å². The van der Waals surface area contributed by atoms with Crippen molar-refractivity contribution in [3.05, 3.63) is 64.1 Å². The van der Waals surface area contributed by atoms with Gasteiger partial charge in [-0.2, -0.15) is 0 Å². The number of halogens is 1. The van der Waals surface area contributed by atoms with Crippen LogP contribution >= 0.6 is 22.9 Å². The largest absolute Gasteiger partial charge is 0.493 e. The molecule has 3 aromatic rings. The molecule has 1 saturated carbocycles. The van der Waals surface area contributed by atoms with Crippen LogP contribution in [0, 0.1) is 0 Å². The first kappa shape index (κ1) is 24.0. The van der Waals surface area contributed by atoms with E-state index in [9.17, 15) is 9.59 Å². The van der Waals surface area contributed by atoms with Gasteiger partial charge in [0.25, 0.3) is 11.8 Å². The Balaban J connectivity index is 1.70. The molecule has 0 spiro atoms. The Kier molecular flexibility index (Phi) is 7.70. The van der Waals surface area contributed by atoms with Crippen molar-refractivity contribution >= 4 is 45.6 Å². The van der Waals surface area contributed by atoms with Crippen molar-refractivity contribution in [2.45, 2.75) is 38.1 Å². The maximum absolute atomic E-state index is 13.7. The van der Waals surface area contributed by atoms with Crippen molar-refractivity contribution in [1.29, 1.82) is 0 Å². The molecular formula is C25H26ClN3O4S. The summed E-state index contributed by atoms with van der Waals surface area (Å²) in [6.07, 6.45) is 5.40. The number of methoxy groups -OCH3 is 2. The third-order valence-electron chi connectivity index (χ3n) is 5.79. The van der Waals surface area contributed by atoms with E-state index in [1.807, 2.05) is 0 Å². The number of nitrogens with one attached hydrogen (secondary N) is 1. The Bertz CT molecular complexity index is 1180. The molecule has 178 valence electrons. The molecule has 0 atom stereocenters. The Morgan fingerprint density at radius 2 is 1.79 bits per heavy atom. The van der Waals surface area contributed by atoms with Crippen LogP contribution in [-0.4, -0.2) is 37.1 Å². The Morgan fingerprint density at radius 3 is 2.50 bits per heavy atom. The second kappa shape index (κ2) is 10.9. The van der Waals surface area contributed by atoms with Gasteiger partial charge in [0.1, 0.15) is 5.69 Å². The second-order valence-corrected chi connectivity index (χ2v) is 9.23. The maximum Gasteiger partial charge on any atom is 0.271 e. The monoisotopic (exact) mass is 499 g/mol. The van der Waals surface area contributed by atoms with Crippen LogP contribution in [0.25, 0.3) is 0 Å². The van der Waals surface area contributed by atoms with Crippen LogP contribution < -0.4 is 19.7 Å². The minimum absolute atomic E-state index is 0.165. The molecule has 34 heavy (non-hydrogen) atoms. The molecule has 1 aliphatic carbocycles. The number of hydrogen-bond donors (Lipinski definition) is 1. The summed E-state index contributed by atoms with van der Waals surface area (Å²) in [5.41, 5.74) is 1.11. The van der Waals surface area contributed by atoms with Gasteiger partial charge < -0.3 is 14.8 Å². The molecule has 0 unspecified atom stereocenters. The molecule has 2 aromatic carbocycles. The van der Waals surface area contributed by atoms with Crippen molar-refractivity contribution in [3.63, 3.8) is 0 Å². The van der Waals surface area contributed by atoms with Crippen LogP contribution in [0.4, 0.5) is 10.8 Å². The highest BCUT2D eigenvalue weighted by Gasteiger charge is 2.27. The van der Waals surface area contributed by atoms with E-state index in [0.717, 1.165) is 25.7 Å². The quantitative estimate of drug-likeness (QED) is 0.440. The first-order chi connectivity index (χ1) is 16.5. The van der Waals surface area contributed by atoms with Crippen molar-refractivity contribution in [3.8, 4) is 11.5 Å². The van der Waals surface area contributed by atoms with E-state index >= 15 is 0 Å². The van der Waals surface area contributed by atoms with Gasteiger partial charge in [-0.3, -0.25) is 14.5 Å². The maximum atomic E-state index is 13.7. The summed E-state index contributed by atoms with van der Waals surface area (Å²) < 4.78 is 10.8. The van der Waals surface area contributed by atoms with E-state index in [-0.39, 0.29) is 23.6 Å². The summed E-state index contributed by atoms with van der Waals surface area (Å²) in [5, 5.41) is 5.42. The number of nitrogens with zero attached hydrogens (tertiary/aromatic N) is 2. The number of anilines is 2. The van der Waals surface area contributed by atoms with E-state index in [1.54, 1.807) is 55.0 Å². The molecule has 9 heteroatoms. The lowest BCUT2D eigenvalue weighted by atomic mass is 9.95. The molecule has 7 nitrogen and oxygen atoms in total. The Morgan fingerprint density at radius 1 is 1.06 bits per heavy atom. The number of carbonyl (C=O) groups is 2. The molecule has 4 rings (SSSR count). The van der Waals surface area contributed by atoms with E-state index in [2.05, 4.69) is 10.3 Å². The molecule has 1 heterocycles. The first-order valence-electron chi connectivity index (χ1n) is 11.1. The lowest BCUT2D eigenvalue weighted by Gasteiger charge is -2.22. The lowest BCUT2D eigenvalue weighted by Crippen LogP contribution is -2.36. The third-order valence-corrected chi connectivity index (χ3v) is 6.94. The smallest absolute Gasteiger partial charge is 0.271 e. The number of amides is 2. The predicted molar refractivity (Wildman–Crippen MR) is 134 cm³/mol. The summed E-state index contributed by atoms with van der Waals surface area (Å²) in [5.74, 6) is 0.394. The van der Waals surface area contributed by atoms with Crippen molar-refractivity contribution in [2.24, 2.45) is 0 Å². The molecule has 1 fully saturated rings. The van der Waals surface area contributed by atoms with E-state index < -0.39 is 0 Å². The number of ether oxygens (including phenoxy) is 2. The van der Waals surface area contributed by atoms with E-state index in [4.69, 9.17) is 21.1 Å². The highest BCUT2D eigenvalue weighted by molar-refractivity contribution is 7.14. The molecule has 1 N–H and O–H groups in total. The zero-order valence-electron chi connectivity index (χ0n) is 19.0. The molecule has 0 bridgehead atoms. The van der Waals surface area contributed by atoms with Gasteiger partial charge in [0.15, 0.2) is 16.6 Å². The number of carbonyl (C=O) groups excluding carboxylic acids is 2. The zero-order valence-corrected chi connectivity index (χ0v) is 20.6. The van der Waals surface area contributed by atoms with Crippen LogP contribution in [0.1, 0.15) is 53.0 Å². The van der Waals surface area contributed by atoms with Crippen LogP contribution in [0.2, 0.25) is 5.02 Å². The zero-order chi connectivity index (χ0) is 24.1. The fourth-order valence-electron chi connectivity index (χ4n) is 4.01. The predicted octanol–water partition coefficient (Wildman–Crippen LogP) is 5.85. The standard InChI is InChI=1S/C25H26ClN3O4S/c1-32-21-13-12-17(14-22(21)33-2)29(24(31)18-10-6-7-11-19(18)26)25-28-20(15-34-25)23(30)27-16-8-4-3-5-9-16/h6-7,10-16H,3-5,8-9H2,1-2H3,(H,27,30). The molecule has 0 radical (unpaired) electrons. The van der Waals surface area contributed by atoms with Gasteiger partial charge in [0, 0.05) is 17.5 Å². The van der Waals surface area contributed by atoms with Crippen molar-refractivity contribution in [2.75, 3.05) is 19.1 Å². The number of thiazole rings is 1.